The molecule has 1 aliphatic carbocycles. The van der Waals surface area contributed by atoms with Crippen molar-refractivity contribution in [3.63, 3.8) is 0 Å². The molecule has 1 aromatic carbocycles. The summed E-state index contributed by atoms with van der Waals surface area (Å²) in [5.74, 6) is 0.904. The third-order valence-corrected chi connectivity index (χ3v) is 4.41. The van der Waals surface area contributed by atoms with Gasteiger partial charge in [-0.25, -0.2) is 0 Å². The molecule has 2 unspecified atom stereocenters. The molecule has 4 heteroatoms. The molecule has 3 nitrogen and oxygen atoms in total. The number of carbonyl (C=O) groups excluding carboxylic acids is 1. The van der Waals surface area contributed by atoms with E-state index in [1.165, 1.54) is 17.5 Å². The second kappa shape index (κ2) is 7.09. The first-order valence-electron chi connectivity index (χ1n) is 7.41. The predicted molar refractivity (Wildman–Crippen MR) is 83.4 cm³/mol. The summed E-state index contributed by atoms with van der Waals surface area (Å²) in [6.45, 7) is 2.96. The van der Waals surface area contributed by atoms with E-state index < -0.39 is 0 Å². The summed E-state index contributed by atoms with van der Waals surface area (Å²) in [7, 11) is 0. The molecule has 0 saturated carbocycles. The summed E-state index contributed by atoms with van der Waals surface area (Å²) >= 11 is 0. The van der Waals surface area contributed by atoms with E-state index in [2.05, 4.69) is 28.8 Å². The lowest BCUT2D eigenvalue weighted by Gasteiger charge is -2.25. The maximum atomic E-state index is 12.4. The highest BCUT2D eigenvalue weighted by molar-refractivity contribution is 5.85. The highest BCUT2D eigenvalue weighted by atomic mass is 35.5. The van der Waals surface area contributed by atoms with Crippen molar-refractivity contribution in [3.05, 3.63) is 35.4 Å². The smallest absolute Gasteiger partial charge is 0.227 e. The topological polar surface area (TPSA) is 41.1 Å². The molecule has 0 spiro atoms. The summed E-state index contributed by atoms with van der Waals surface area (Å²) in [5.41, 5.74) is 2.60. The van der Waals surface area contributed by atoms with E-state index in [1.807, 2.05) is 6.07 Å². The summed E-state index contributed by atoms with van der Waals surface area (Å²) in [6, 6.07) is 8.40. The first-order chi connectivity index (χ1) is 9.34. The zero-order valence-corrected chi connectivity index (χ0v) is 12.5. The van der Waals surface area contributed by atoms with Gasteiger partial charge in [0.1, 0.15) is 0 Å². The molecule has 1 aliphatic heterocycles. The van der Waals surface area contributed by atoms with Gasteiger partial charge < -0.3 is 10.6 Å². The molecule has 0 radical (unpaired) electrons. The highest BCUT2D eigenvalue weighted by Crippen LogP contribution is 2.31. The number of benzene rings is 1. The molecular weight excluding hydrogens is 272 g/mol. The Morgan fingerprint density at radius 3 is 2.95 bits per heavy atom. The number of halogens is 1. The largest absolute Gasteiger partial charge is 0.355 e. The van der Waals surface area contributed by atoms with Crippen molar-refractivity contribution >= 4 is 18.3 Å². The van der Waals surface area contributed by atoms with E-state index in [0.717, 1.165) is 38.9 Å². The number of carbonyl (C=O) groups is 1. The van der Waals surface area contributed by atoms with Crippen LogP contribution in [-0.2, 0) is 11.2 Å². The zero-order chi connectivity index (χ0) is 13.1. The van der Waals surface area contributed by atoms with Gasteiger partial charge in [-0.15, -0.1) is 12.4 Å². The van der Waals surface area contributed by atoms with Crippen molar-refractivity contribution in [2.75, 3.05) is 19.6 Å². The number of hydrogen-bond acceptors (Lipinski definition) is 2. The van der Waals surface area contributed by atoms with Crippen molar-refractivity contribution in [1.82, 2.24) is 10.6 Å². The second-order valence-corrected chi connectivity index (χ2v) is 5.75. The fourth-order valence-corrected chi connectivity index (χ4v) is 3.28. The Labute approximate surface area is 126 Å². The normalized spacial score (nSPS) is 24.6. The molecule has 2 atom stereocenters. The van der Waals surface area contributed by atoms with Crippen molar-refractivity contribution in [3.8, 4) is 0 Å². The minimum absolute atomic E-state index is 0. The molecule has 1 heterocycles. The fourth-order valence-electron chi connectivity index (χ4n) is 3.28. The van der Waals surface area contributed by atoms with Gasteiger partial charge in [0.15, 0.2) is 0 Å². The van der Waals surface area contributed by atoms with Gasteiger partial charge in [0.05, 0.1) is 5.92 Å². The lowest BCUT2D eigenvalue weighted by Crippen LogP contribution is -2.35. The molecule has 1 aromatic rings. The van der Waals surface area contributed by atoms with Gasteiger partial charge >= 0.3 is 0 Å². The monoisotopic (exact) mass is 294 g/mol. The Kier molecular flexibility index (Phi) is 5.44. The standard InChI is InChI=1S/C16H22N2O.ClH/c19-16(18-11-12-8-9-17-10-12)15-7-3-5-13-4-1-2-6-14(13)15;/h1-2,4,6,12,15,17H,3,5,7-11H2,(H,18,19);1H. The molecule has 3 rings (SSSR count). The average Bonchev–Trinajstić information content (AvgIpc) is 2.97. The van der Waals surface area contributed by atoms with Gasteiger partial charge in [-0.05, 0) is 55.8 Å². The molecule has 1 amide bonds. The van der Waals surface area contributed by atoms with Crippen LogP contribution >= 0.6 is 12.4 Å². The van der Waals surface area contributed by atoms with Crippen LogP contribution in [-0.4, -0.2) is 25.5 Å². The molecule has 1 saturated heterocycles. The van der Waals surface area contributed by atoms with Crippen LogP contribution in [0.25, 0.3) is 0 Å². The van der Waals surface area contributed by atoms with E-state index in [1.54, 1.807) is 0 Å². The molecular formula is C16H23ClN2O. The summed E-state index contributed by atoms with van der Waals surface area (Å²) < 4.78 is 0. The SMILES string of the molecule is Cl.O=C(NCC1CCNC1)C1CCCc2ccccc21. The maximum Gasteiger partial charge on any atom is 0.227 e. The fraction of sp³-hybridized carbons (Fsp3) is 0.562. The van der Waals surface area contributed by atoms with Crippen molar-refractivity contribution in [2.45, 2.75) is 31.6 Å². The highest BCUT2D eigenvalue weighted by Gasteiger charge is 2.26. The summed E-state index contributed by atoms with van der Waals surface area (Å²) in [6.07, 6.45) is 4.42. The molecule has 20 heavy (non-hydrogen) atoms. The van der Waals surface area contributed by atoms with Crippen LogP contribution in [0.3, 0.4) is 0 Å². The van der Waals surface area contributed by atoms with Gasteiger partial charge in [-0.2, -0.15) is 0 Å². The van der Waals surface area contributed by atoms with Gasteiger partial charge in [0, 0.05) is 6.54 Å². The number of hydrogen-bond donors (Lipinski definition) is 2. The van der Waals surface area contributed by atoms with E-state index in [9.17, 15) is 4.79 Å². The van der Waals surface area contributed by atoms with Crippen LogP contribution in [0.15, 0.2) is 24.3 Å². The van der Waals surface area contributed by atoms with Crippen LogP contribution in [0, 0.1) is 5.92 Å². The third-order valence-electron chi connectivity index (χ3n) is 4.41. The molecule has 2 N–H and O–H groups in total. The second-order valence-electron chi connectivity index (χ2n) is 5.75. The van der Waals surface area contributed by atoms with Crippen LogP contribution in [0.5, 0.6) is 0 Å². The minimum Gasteiger partial charge on any atom is -0.355 e. The molecule has 0 bridgehead atoms. The molecule has 0 aromatic heterocycles. The zero-order valence-electron chi connectivity index (χ0n) is 11.7. The van der Waals surface area contributed by atoms with Crippen LogP contribution in [0.1, 0.15) is 36.3 Å². The van der Waals surface area contributed by atoms with Crippen molar-refractivity contribution in [1.29, 1.82) is 0 Å². The number of rotatable bonds is 3. The van der Waals surface area contributed by atoms with Crippen LogP contribution in [0.4, 0.5) is 0 Å². The van der Waals surface area contributed by atoms with E-state index in [-0.39, 0.29) is 24.2 Å². The minimum atomic E-state index is 0. The number of aryl methyl sites for hydroxylation is 1. The summed E-state index contributed by atoms with van der Waals surface area (Å²) in [5, 5.41) is 6.50. The predicted octanol–water partition coefficient (Wildman–Crippen LogP) is 2.25. The maximum absolute atomic E-state index is 12.4. The van der Waals surface area contributed by atoms with Crippen molar-refractivity contribution in [2.24, 2.45) is 5.92 Å². The van der Waals surface area contributed by atoms with E-state index >= 15 is 0 Å². The Morgan fingerprint density at radius 1 is 1.30 bits per heavy atom. The Morgan fingerprint density at radius 2 is 2.15 bits per heavy atom. The first-order valence-corrected chi connectivity index (χ1v) is 7.41. The molecule has 1 fully saturated rings. The van der Waals surface area contributed by atoms with Crippen molar-refractivity contribution < 1.29 is 4.79 Å². The molecule has 2 aliphatic rings. The third kappa shape index (κ3) is 3.33. The first kappa shape index (κ1) is 15.3. The van der Waals surface area contributed by atoms with Crippen LogP contribution < -0.4 is 10.6 Å². The number of fused-ring (bicyclic) bond motifs is 1. The van der Waals surface area contributed by atoms with E-state index in [4.69, 9.17) is 0 Å². The number of nitrogens with one attached hydrogen (secondary N) is 2. The molecule has 110 valence electrons. The lowest BCUT2D eigenvalue weighted by atomic mass is 9.82. The van der Waals surface area contributed by atoms with E-state index in [0.29, 0.717) is 5.92 Å². The quantitative estimate of drug-likeness (QED) is 0.898. The Bertz CT molecular complexity index is 458. The van der Waals surface area contributed by atoms with Gasteiger partial charge in [-0.3, -0.25) is 4.79 Å². The van der Waals surface area contributed by atoms with Gasteiger partial charge in [0.2, 0.25) is 5.91 Å². The summed E-state index contributed by atoms with van der Waals surface area (Å²) in [4.78, 5) is 12.4. The van der Waals surface area contributed by atoms with Crippen LogP contribution in [0.2, 0.25) is 0 Å². The van der Waals surface area contributed by atoms with Gasteiger partial charge in [-0.1, -0.05) is 24.3 Å². The number of amides is 1. The Hall–Kier alpha value is -1.06. The van der Waals surface area contributed by atoms with Gasteiger partial charge in [0.25, 0.3) is 0 Å². The average molecular weight is 295 g/mol. The Balaban J connectivity index is 0.00000147. The lowest BCUT2D eigenvalue weighted by molar-refractivity contribution is -0.123.